The first-order chi connectivity index (χ1) is 57.5. The van der Waals surface area contributed by atoms with Gasteiger partial charge < -0.3 is 84.3 Å². The second-order valence-corrected chi connectivity index (χ2v) is 31.1. The average molecular weight is 1650 g/mol. The van der Waals surface area contributed by atoms with E-state index < -0.39 is 168 Å². The Morgan fingerprint density at radius 2 is 0.692 bits per heavy atom. The van der Waals surface area contributed by atoms with Gasteiger partial charge in [0, 0.05) is 6.54 Å². The highest BCUT2D eigenvalue weighted by atomic mass is 16.5. The number of ether oxygens (including phenoxy) is 1. The van der Waals surface area contributed by atoms with Gasteiger partial charge in [-0.15, -0.1) is 0 Å². The number of nitrogens with one attached hydrogen (secondary N) is 11. The Morgan fingerprint density at radius 3 is 1.07 bits per heavy atom. The number of alkyl carbamates (subject to hydrolysis) is 1. The molecule has 0 unspecified atom stereocenters. The molecule has 7 rings (SSSR count). The highest BCUT2D eigenvalue weighted by Crippen LogP contribution is 2.39. The molecule has 7 aromatic rings. The quantitative estimate of drug-likeness (QED) is 0.0129. The summed E-state index contributed by atoms with van der Waals surface area (Å²) < 4.78 is 5.25. The van der Waals surface area contributed by atoms with E-state index in [1.165, 1.54) is 20.8 Å². The maximum atomic E-state index is 15.9. The van der Waals surface area contributed by atoms with Gasteiger partial charge in [-0.2, -0.15) is 0 Å². The molecular weight excluding hydrogens is 1530 g/mol. The standard InChI is InChI=1S/C92H118N12O16/c1-9-10-11-12-13-35-52-72(89(117)118)96-83(111)73(54-59(2)3)100-88(116)80(63(8)106)102-86(114)74(55-60(4)5)98-85(113)76(57-78(108)104-92(68-45-29-18-30-46-68,69-47-31-19-32-48-69)70-49-33-20-34-50-70)99-84(112)75(56-77(107)103-91(65-39-23-15-24-40-65,66-41-25-16-26-42-66)67-43-27-17-28-44-67)97-81(109)61(6)95-87(115)79(62(7)105)101-82(110)71(93)51-36-53-94-90(119)120-58-64-37-21-14-22-38-64/h14-34,37-50,59-63,71-76,79-80,105-106H,9-13,35-36,51-58,93H2,1-8H3,(H,94,119)(H,95,115)(H,96,111)(H,97,109)(H,98,113)(H,99,112)(H,100,116)(H,101,110)(H,102,114)(H,103,107)(H,104,108)(H,117,118)/t61-,62+,63+,71-,72+,73+,74+,75-,76+,79-,80-/m0/s1. The molecule has 11 amide bonds. The Morgan fingerprint density at radius 1 is 0.367 bits per heavy atom. The van der Waals surface area contributed by atoms with Gasteiger partial charge in [-0.05, 0) is 104 Å². The van der Waals surface area contributed by atoms with Crippen molar-refractivity contribution >= 4 is 71.1 Å². The molecule has 11 atom stereocenters. The number of amides is 11. The predicted molar refractivity (Wildman–Crippen MR) is 455 cm³/mol. The maximum Gasteiger partial charge on any atom is 0.407 e. The first-order valence-corrected chi connectivity index (χ1v) is 41.1. The number of aliphatic carboxylic acids is 1. The van der Waals surface area contributed by atoms with Crippen molar-refractivity contribution in [1.29, 1.82) is 0 Å². The van der Waals surface area contributed by atoms with Crippen LogP contribution in [0, 0.1) is 11.8 Å². The lowest BCUT2D eigenvalue weighted by Crippen LogP contribution is -2.62. The molecule has 28 heteroatoms. The number of hydrogen-bond donors (Lipinski definition) is 15. The van der Waals surface area contributed by atoms with Crippen LogP contribution in [-0.4, -0.2) is 160 Å². The number of unbranched alkanes of at least 4 members (excludes halogenated alkanes) is 5. The lowest BCUT2D eigenvalue weighted by Gasteiger charge is -2.37. The second kappa shape index (κ2) is 48.1. The molecule has 0 saturated carbocycles. The summed E-state index contributed by atoms with van der Waals surface area (Å²) in [5.74, 6) is -12.1. The topological polar surface area (TPSA) is 433 Å². The normalized spacial score (nSPS) is 14.2. The summed E-state index contributed by atoms with van der Waals surface area (Å²) in [4.78, 5) is 174. The Hall–Kier alpha value is -12.1. The van der Waals surface area contributed by atoms with Crippen LogP contribution < -0.4 is 64.2 Å². The van der Waals surface area contributed by atoms with Crippen LogP contribution in [0.25, 0.3) is 0 Å². The largest absolute Gasteiger partial charge is 0.480 e. The number of carbonyl (C=O) groups is 12. The Bertz CT molecular complexity index is 4240. The van der Waals surface area contributed by atoms with Crippen molar-refractivity contribution in [3.63, 3.8) is 0 Å². The Labute approximate surface area is 702 Å². The van der Waals surface area contributed by atoms with Gasteiger partial charge in [-0.25, -0.2) is 9.59 Å². The van der Waals surface area contributed by atoms with E-state index >= 15 is 24.0 Å². The van der Waals surface area contributed by atoms with Crippen LogP contribution >= 0.6 is 0 Å². The summed E-state index contributed by atoms with van der Waals surface area (Å²) in [6.07, 6.45) is -0.491. The van der Waals surface area contributed by atoms with Crippen molar-refractivity contribution in [2.45, 2.75) is 223 Å². The fourth-order valence-electron chi connectivity index (χ4n) is 14.1. The van der Waals surface area contributed by atoms with Crippen molar-refractivity contribution in [2.24, 2.45) is 17.6 Å². The molecule has 16 N–H and O–H groups in total. The van der Waals surface area contributed by atoms with Crippen LogP contribution in [0.1, 0.15) is 178 Å². The van der Waals surface area contributed by atoms with Crippen LogP contribution in [0.15, 0.2) is 212 Å². The molecule has 642 valence electrons. The first-order valence-electron chi connectivity index (χ1n) is 41.1. The minimum absolute atomic E-state index is 0.00234. The molecule has 0 aliphatic carbocycles. The molecule has 0 aromatic heterocycles. The highest BCUT2D eigenvalue weighted by molar-refractivity contribution is 6.01. The molecule has 120 heavy (non-hydrogen) atoms. The zero-order chi connectivity index (χ0) is 87.3. The highest BCUT2D eigenvalue weighted by Gasteiger charge is 2.44. The second-order valence-electron chi connectivity index (χ2n) is 31.1. The Kier molecular flexibility index (Phi) is 38.0. The molecule has 0 bridgehead atoms. The number of benzene rings is 7. The molecule has 0 heterocycles. The van der Waals surface area contributed by atoms with Gasteiger partial charge in [-0.1, -0.05) is 285 Å². The molecule has 0 fully saturated rings. The van der Waals surface area contributed by atoms with E-state index in [4.69, 9.17) is 10.5 Å². The predicted octanol–water partition coefficient (Wildman–Crippen LogP) is 7.60. The smallest absolute Gasteiger partial charge is 0.407 e. The number of aliphatic hydroxyl groups excluding tert-OH is 2. The summed E-state index contributed by atoms with van der Waals surface area (Å²) in [6.45, 7) is 12.8. The number of aliphatic hydroxyl groups is 2. The van der Waals surface area contributed by atoms with E-state index in [1.54, 1.807) is 234 Å². The zero-order valence-corrected chi connectivity index (χ0v) is 69.5. The van der Waals surface area contributed by atoms with E-state index in [9.17, 15) is 48.9 Å². The third-order valence-corrected chi connectivity index (χ3v) is 20.5. The third kappa shape index (κ3) is 28.6. The summed E-state index contributed by atoms with van der Waals surface area (Å²) in [6, 6.07) is 47.8. The number of hydrogen-bond acceptors (Lipinski definition) is 16. The summed E-state index contributed by atoms with van der Waals surface area (Å²) >= 11 is 0. The summed E-state index contributed by atoms with van der Waals surface area (Å²) in [5, 5.41) is 62.0. The van der Waals surface area contributed by atoms with Crippen molar-refractivity contribution in [3.8, 4) is 0 Å². The molecule has 0 aliphatic rings. The van der Waals surface area contributed by atoms with Crippen LogP contribution in [-0.2, 0) is 75.2 Å². The number of carboxylic acids is 1. The lowest BCUT2D eigenvalue weighted by atomic mass is 9.77. The molecule has 0 aliphatic heterocycles. The van der Waals surface area contributed by atoms with Crippen molar-refractivity contribution in [2.75, 3.05) is 6.54 Å². The number of rotatable bonds is 48. The van der Waals surface area contributed by atoms with E-state index in [0.717, 1.165) is 37.7 Å². The zero-order valence-electron chi connectivity index (χ0n) is 69.5. The van der Waals surface area contributed by atoms with E-state index in [2.05, 4.69) is 65.4 Å². The number of carboxylic acid groups (broad SMARTS) is 1. The van der Waals surface area contributed by atoms with Crippen molar-refractivity contribution in [1.82, 2.24) is 58.5 Å². The summed E-state index contributed by atoms with van der Waals surface area (Å²) in [5.41, 5.74) is 7.36. The monoisotopic (exact) mass is 1650 g/mol. The van der Waals surface area contributed by atoms with E-state index in [1.807, 2.05) is 6.07 Å². The van der Waals surface area contributed by atoms with E-state index in [-0.39, 0.29) is 51.2 Å². The molecule has 0 spiro atoms. The van der Waals surface area contributed by atoms with Crippen LogP contribution in [0.4, 0.5) is 4.79 Å². The fraction of sp³-hybridized carbons (Fsp3) is 0.413. The van der Waals surface area contributed by atoms with Gasteiger partial charge in [0.1, 0.15) is 66.0 Å². The average Bonchev–Trinajstić information content (AvgIpc) is 0.758. The fourth-order valence-corrected chi connectivity index (χ4v) is 14.1. The van der Waals surface area contributed by atoms with Crippen molar-refractivity contribution in [3.05, 3.63) is 251 Å². The van der Waals surface area contributed by atoms with Gasteiger partial charge in [0.15, 0.2) is 0 Å². The maximum absolute atomic E-state index is 15.9. The lowest BCUT2D eigenvalue weighted by molar-refractivity contribution is -0.142. The number of nitrogens with two attached hydrogens (primary N) is 1. The third-order valence-electron chi connectivity index (χ3n) is 20.5. The number of carbonyl (C=O) groups excluding carboxylic acids is 11. The molecule has 7 aromatic carbocycles. The minimum atomic E-state index is -2.04. The van der Waals surface area contributed by atoms with Gasteiger partial charge in [0.05, 0.1) is 31.1 Å². The van der Waals surface area contributed by atoms with Gasteiger partial charge in [0.25, 0.3) is 0 Å². The molecule has 28 nitrogen and oxygen atoms in total. The molecular formula is C92H118N12O16. The van der Waals surface area contributed by atoms with Gasteiger partial charge in [0.2, 0.25) is 59.1 Å². The van der Waals surface area contributed by atoms with Crippen molar-refractivity contribution < 1.29 is 77.6 Å². The van der Waals surface area contributed by atoms with Crippen LogP contribution in [0.2, 0.25) is 0 Å². The van der Waals surface area contributed by atoms with Crippen LogP contribution in [0.3, 0.4) is 0 Å². The first kappa shape index (κ1) is 95.0. The molecule has 0 radical (unpaired) electrons. The molecule has 0 saturated heterocycles. The van der Waals surface area contributed by atoms with Gasteiger partial charge >= 0.3 is 12.1 Å². The minimum Gasteiger partial charge on any atom is -0.480 e. The Balaban J connectivity index is 1.25. The van der Waals surface area contributed by atoms with Gasteiger partial charge in [-0.3, -0.25) is 47.9 Å². The summed E-state index contributed by atoms with van der Waals surface area (Å²) in [7, 11) is 0. The van der Waals surface area contributed by atoms with Crippen LogP contribution in [0.5, 0.6) is 0 Å². The van der Waals surface area contributed by atoms with E-state index in [0.29, 0.717) is 39.8 Å². The SMILES string of the molecule is CCCCCCCC[C@@H](NC(=O)[C@@H](CC(C)C)NC(=O)[C@@H](NC(=O)[C@@H](CC(C)C)NC(=O)[C@@H](CC(=O)NC(c1ccccc1)(c1ccccc1)c1ccccc1)NC(=O)[C@H](CC(=O)NC(c1ccccc1)(c1ccccc1)c1ccccc1)NC(=O)[C@H](C)NC(=O)[C@@H](NC(=O)[C@@H](N)CCCNC(=O)OCc1ccccc1)[C@@H](C)O)[C@@H](C)O)C(=O)O.